The van der Waals surface area contributed by atoms with Crippen molar-refractivity contribution in [3.05, 3.63) is 40.2 Å². The highest BCUT2D eigenvalue weighted by Gasteiger charge is 2.56. The number of carboxylic acid groups (broad SMARTS) is 1. The lowest BCUT2D eigenvalue weighted by Crippen LogP contribution is -2.68. The Morgan fingerprint density at radius 3 is 2.45 bits per heavy atom. The summed E-state index contributed by atoms with van der Waals surface area (Å²) in [4.78, 5) is 35.9. The van der Waals surface area contributed by atoms with Crippen LogP contribution in [0.1, 0.15) is 18.9 Å². The van der Waals surface area contributed by atoms with Crippen molar-refractivity contribution in [2.24, 2.45) is 0 Å². The summed E-state index contributed by atoms with van der Waals surface area (Å²) in [6, 6.07) is 4.27. The number of carboxylic acids is 1. The van der Waals surface area contributed by atoms with E-state index in [-0.39, 0.29) is 11.3 Å². The molecule has 17 heteroatoms. The number of nitrogens with one attached hydrogen (secondary N) is 1. The van der Waals surface area contributed by atoms with Gasteiger partial charge in [0, 0.05) is 30.9 Å². The monoisotopic (exact) mass is 629 g/mol. The third-order valence-corrected chi connectivity index (χ3v) is 7.51. The molecule has 11 atom stereocenters. The number of hydrogen-bond donors (Lipinski definition) is 9. The lowest BCUT2D eigenvalue weighted by atomic mass is 9.88. The number of carbonyl (C=O) groups is 2. The van der Waals surface area contributed by atoms with Crippen LogP contribution in [0.25, 0.3) is 11.0 Å². The SMILES string of the molecule is CC(=O)N[C@H]1[C@H]([C@H](O)[C@H](O)CO)O[C@@](OC[C@H]2O[C@@H](Oc3ccc4c(C)cc(=O)oc4c3)[C@H](O)[C@@H](O)[C@H]2O)(C(=O)O)C[C@@H]1O. The van der Waals surface area contributed by atoms with E-state index in [9.17, 15) is 55.2 Å². The molecule has 1 aromatic carbocycles. The van der Waals surface area contributed by atoms with Gasteiger partial charge in [0.1, 0.15) is 54.1 Å². The van der Waals surface area contributed by atoms with Gasteiger partial charge >= 0.3 is 11.6 Å². The molecule has 0 bridgehead atoms. The summed E-state index contributed by atoms with van der Waals surface area (Å²) in [5, 5.41) is 85.1. The predicted octanol–water partition coefficient (Wildman–Crippen LogP) is -3.55. The smallest absolute Gasteiger partial charge is 0.364 e. The van der Waals surface area contributed by atoms with Gasteiger partial charge in [0.15, 0.2) is 0 Å². The Bertz CT molecular complexity index is 1400. The summed E-state index contributed by atoms with van der Waals surface area (Å²) in [6.45, 7) is 0.971. The van der Waals surface area contributed by atoms with Crippen molar-refractivity contribution in [2.75, 3.05) is 13.2 Å². The minimum Gasteiger partial charge on any atom is -0.477 e. The molecule has 9 N–H and O–H groups in total. The summed E-state index contributed by atoms with van der Waals surface area (Å²) in [7, 11) is 0. The third kappa shape index (κ3) is 6.86. The topological polar surface area (TPSA) is 275 Å². The maximum absolute atomic E-state index is 12.4. The van der Waals surface area contributed by atoms with E-state index in [4.69, 9.17) is 23.4 Å². The maximum atomic E-state index is 12.4. The van der Waals surface area contributed by atoms with Crippen LogP contribution in [-0.4, -0.2) is 133 Å². The molecule has 2 aromatic rings. The molecule has 0 saturated carbocycles. The number of rotatable bonds is 10. The summed E-state index contributed by atoms with van der Waals surface area (Å²) in [6.07, 6.45) is -16.9. The van der Waals surface area contributed by atoms with Gasteiger partial charge in [0.05, 0.1) is 25.4 Å². The van der Waals surface area contributed by atoms with Crippen LogP contribution < -0.4 is 15.7 Å². The van der Waals surface area contributed by atoms with E-state index < -0.39 is 104 Å². The van der Waals surface area contributed by atoms with Crippen LogP contribution in [0.4, 0.5) is 0 Å². The lowest BCUT2D eigenvalue weighted by molar-refractivity contribution is -0.332. The molecule has 0 spiro atoms. The fourth-order valence-corrected chi connectivity index (χ4v) is 5.16. The minimum atomic E-state index is -2.75. The van der Waals surface area contributed by atoms with E-state index in [1.165, 1.54) is 18.2 Å². The number of aliphatic hydroxyl groups excluding tert-OH is 7. The molecular formula is C27H35NO16. The Labute approximate surface area is 248 Å². The Balaban J connectivity index is 1.55. The normalized spacial score (nSPS) is 33.8. The predicted molar refractivity (Wildman–Crippen MR) is 143 cm³/mol. The van der Waals surface area contributed by atoms with Gasteiger partial charge in [0.2, 0.25) is 12.2 Å². The second kappa shape index (κ2) is 13.4. The number of aryl methyl sites for hydroxylation is 1. The number of fused-ring (bicyclic) bond motifs is 1. The van der Waals surface area contributed by atoms with Gasteiger partial charge in [-0.1, -0.05) is 0 Å². The number of ether oxygens (including phenoxy) is 4. The Morgan fingerprint density at radius 1 is 1.11 bits per heavy atom. The molecular weight excluding hydrogens is 594 g/mol. The molecule has 1 amide bonds. The van der Waals surface area contributed by atoms with Crippen LogP contribution in [0.3, 0.4) is 0 Å². The largest absolute Gasteiger partial charge is 0.477 e. The van der Waals surface area contributed by atoms with Gasteiger partial charge in [-0.2, -0.15) is 0 Å². The first-order valence-corrected chi connectivity index (χ1v) is 13.6. The summed E-state index contributed by atoms with van der Waals surface area (Å²) < 4.78 is 27.4. The van der Waals surface area contributed by atoms with Crippen LogP contribution >= 0.6 is 0 Å². The molecule has 244 valence electrons. The van der Waals surface area contributed by atoms with E-state index in [0.29, 0.717) is 10.9 Å². The summed E-state index contributed by atoms with van der Waals surface area (Å²) in [5.74, 6) is -5.19. The quantitative estimate of drug-likeness (QED) is 0.115. The van der Waals surface area contributed by atoms with Gasteiger partial charge < -0.3 is 69.5 Å². The molecule has 2 aliphatic heterocycles. The molecule has 3 heterocycles. The molecule has 0 unspecified atom stereocenters. The van der Waals surface area contributed by atoms with Crippen molar-refractivity contribution in [2.45, 2.75) is 87.2 Å². The molecule has 2 saturated heterocycles. The van der Waals surface area contributed by atoms with Crippen molar-refractivity contribution in [1.29, 1.82) is 0 Å². The summed E-state index contributed by atoms with van der Waals surface area (Å²) >= 11 is 0. The fourth-order valence-electron chi connectivity index (χ4n) is 5.16. The van der Waals surface area contributed by atoms with Crippen LogP contribution in [0.2, 0.25) is 0 Å². The third-order valence-electron chi connectivity index (χ3n) is 7.51. The molecule has 44 heavy (non-hydrogen) atoms. The molecule has 1 aromatic heterocycles. The molecule has 17 nitrogen and oxygen atoms in total. The number of carbonyl (C=O) groups excluding carboxylic acids is 1. The zero-order valence-electron chi connectivity index (χ0n) is 23.5. The van der Waals surface area contributed by atoms with Crippen molar-refractivity contribution >= 4 is 22.8 Å². The van der Waals surface area contributed by atoms with Gasteiger partial charge in [-0.25, -0.2) is 9.59 Å². The highest BCUT2D eigenvalue weighted by molar-refractivity contribution is 5.81. The van der Waals surface area contributed by atoms with E-state index >= 15 is 0 Å². The van der Waals surface area contributed by atoms with Crippen LogP contribution in [-0.2, 0) is 23.8 Å². The molecule has 0 radical (unpaired) electrons. The number of benzene rings is 1. The first-order chi connectivity index (χ1) is 20.7. The van der Waals surface area contributed by atoms with Crippen molar-refractivity contribution in [1.82, 2.24) is 5.32 Å². The Hall–Kier alpha value is -3.23. The standard InChI is InChI=1S/C27H35NO16/c1-10-5-18(33)42-16-6-12(3-4-13(10)16)41-25-23(37)22(36)21(35)17(43-25)9-40-27(26(38)39)7-14(31)19(28-11(2)30)24(44-27)20(34)15(32)8-29/h3-6,14-15,17,19-25,29,31-32,34-37H,7-9H2,1-2H3,(H,28,30)(H,38,39)/t14-,15+,17+,19+,20+,21-,22-,23+,24+,25+,27+/m0/s1. The number of aliphatic carboxylic acids is 1. The Kier molecular flexibility index (Phi) is 10.3. The summed E-state index contributed by atoms with van der Waals surface area (Å²) in [5.41, 5.74) is 0.192. The van der Waals surface area contributed by atoms with Crippen molar-refractivity contribution in [3.63, 3.8) is 0 Å². The molecule has 2 fully saturated rings. The second-order valence-corrected chi connectivity index (χ2v) is 10.7. The van der Waals surface area contributed by atoms with E-state index in [0.717, 1.165) is 6.92 Å². The average Bonchev–Trinajstić information content (AvgIpc) is 2.96. The maximum Gasteiger partial charge on any atom is 0.364 e. The minimum absolute atomic E-state index is 0.0441. The number of aliphatic hydroxyl groups is 7. The fraction of sp³-hybridized carbons (Fsp3) is 0.593. The first-order valence-electron chi connectivity index (χ1n) is 13.6. The zero-order valence-corrected chi connectivity index (χ0v) is 23.5. The van der Waals surface area contributed by atoms with E-state index in [1.54, 1.807) is 13.0 Å². The van der Waals surface area contributed by atoms with Crippen LogP contribution in [0.5, 0.6) is 5.75 Å². The van der Waals surface area contributed by atoms with Gasteiger partial charge in [0.25, 0.3) is 5.79 Å². The van der Waals surface area contributed by atoms with Gasteiger partial charge in [-0.05, 0) is 24.6 Å². The first kappa shape index (κ1) is 33.7. The Morgan fingerprint density at radius 2 is 1.82 bits per heavy atom. The van der Waals surface area contributed by atoms with Crippen molar-refractivity contribution < 1.29 is 73.8 Å². The lowest BCUT2D eigenvalue weighted by Gasteiger charge is -2.47. The van der Waals surface area contributed by atoms with E-state index in [1.807, 2.05) is 0 Å². The van der Waals surface area contributed by atoms with Gasteiger partial charge in [-0.3, -0.25) is 4.79 Å². The van der Waals surface area contributed by atoms with Crippen molar-refractivity contribution in [3.8, 4) is 5.75 Å². The van der Waals surface area contributed by atoms with Crippen LogP contribution in [0.15, 0.2) is 33.5 Å². The highest BCUT2D eigenvalue weighted by Crippen LogP contribution is 2.35. The number of hydrogen-bond acceptors (Lipinski definition) is 15. The highest BCUT2D eigenvalue weighted by atomic mass is 16.7. The second-order valence-electron chi connectivity index (χ2n) is 10.7. The van der Waals surface area contributed by atoms with E-state index in [2.05, 4.69) is 5.32 Å². The molecule has 0 aliphatic carbocycles. The molecule has 2 aliphatic rings. The van der Waals surface area contributed by atoms with Gasteiger partial charge in [-0.15, -0.1) is 0 Å². The zero-order chi connectivity index (χ0) is 32.5. The number of amides is 1. The molecule has 4 rings (SSSR count). The average molecular weight is 630 g/mol. The van der Waals surface area contributed by atoms with Crippen LogP contribution in [0, 0.1) is 6.92 Å².